The summed E-state index contributed by atoms with van der Waals surface area (Å²) in [6, 6.07) is 11.3. The summed E-state index contributed by atoms with van der Waals surface area (Å²) in [4.78, 5) is 12.1. The summed E-state index contributed by atoms with van der Waals surface area (Å²) in [5, 5.41) is 0. The van der Waals surface area contributed by atoms with Crippen molar-refractivity contribution in [3.05, 3.63) is 65.5 Å². The lowest BCUT2D eigenvalue weighted by Crippen LogP contribution is -2.09. The Balaban J connectivity index is 2.21. The molecule has 5 heteroatoms. The fourth-order valence-corrected chi connectivity index (χ4v) is 1.82. The van der Waals surface area contributed by atoms with Crippen LogP contribution in [-0.4, -0.2) is 12.4 Å². The highest BCUT2D eigenvalue weighted by Gasteiger charge is 2.15. The van der Waals surface area contributed by atoms with E-state index in [1.165, 1.54) is 36.4 Å². The second-order valence-electron chi connectivity index (χ2n) is 4.10. The maximum absolute atomic E-state index is 13.0. The van der Waals surface area contributed by atoms with Crippen LogP contribution >= 0.6 is 0 Å². The topological polar surface area (TPSA) is 26.3 Å². The van der Waals surface area contributed by atoms with Gasteiger partial charge in [0.1, 0.15) is 11.6 Å². The molecule has 0 amide bonds. The quantitative estimate of drug-likeness (QED) is 0.777. The molecule has 0 saturated heterocycles. The smallest absolute Gasteiger partial charge is 0.387 e. The molecule has 0 radical (unpaired) electrons. The highest BCUT2D eigenvalue weighted by atomic mass is 19.3. The molecule has 20 heavy (non-hydrogen) atoms. The molecule has 0 aliphatic rings. The molecular weight excluding hydrogens is 269 g/mol. The van der Waals surface area contributed by atoms with Crippen LogP contribution in [0.5, 0.6) is 5.75 Å². The predicted octanol–water partition coefficient (Wildman–Crippen LogP) is 3.85. The molecule has 2 nitrogen and oxygen atoms in total. The zero-order valence-corrected chi connectivity index (χ0v) is 10.4. The number of halogens is 3. The first kappa shape index (κ1) is 14.1. The van der Waals surface area contributed by atoms with Gasteiger partial charge in [-0.1, -0.05) is 24.3 Å². The van der Waals surface area contributed by atoms with Gasteiger partial charge in [0.15, 0.2) is 5.78 Å². The van der Waals surface area contributed by atoms with Crippen molar-refractivity contribution in [2.45, 2.75) is 13.0 Å². The Morgan fingerprint density at radius 3 is 2.55 bits per heavy atom. The van der Waals surface area contributed by atoms with Crippen molar-refractivity contribution in [2.24, 2.45) is 0 Å². The summed E-state index contributed by atoms with van der Waals surface area (Å²) in [5.74, 6) is -1.04. The number of hydrogen-bond acceptors (Lipinski definition) is 2. The zero-order chi connectivity index (χ0) is 14.5. The maximum Gasteiger partial charge on any atom is 0.387 e. The van der Waals surface area contributed by atoms with Crippen molar-refractivity contribution >= 4 is 5.78 Å². The standard InChI is InChI=1S/C15H11F3O2/c16-11-5-3-4-10(8-11)9-13(19)12-6-1-2-7-14(12)20-15(17)18/h1-8,15H,9H2. The molecule has 0 bridgehead atoms. The van der Waals surface area contributed by atoms with Gasteiger partial charge in [-0.3, -0.25) is 4.79 Å². The third-order valence-electron chi connectivity index (χ3n) is 2.66. The molecule has 0 aromatic heterocycles. The van der Waals surface area contributed by atoms with Crippen LogP contribution in [0.3, 0.4) is 0 Å². The minimum absolute atomic E-state index is 0.0528. The number of Topliss-reactive ketones (excluding diaryl/α,β-unsaturated/α-hetero) is 1. The SMILES string of the molecule is O=C(Cc1cccc(F)c1)c1ccccc1OC(F)F. The number of carbonyl (C=O) groups excluding carboxylic acids is 1. The number of para-hydroxylation sites is 1. The molecule has 0 unspecified atom stereocenters. The van der Waals surface area contributed by atoms with Gasteiger partial charge in [-0.25, -0.2) is 4.39 Å². The highest BCUT2D eigenvalue weighted by Crippen LogP contribution is 2.22. The van der Waals surface area contributed by atoms with E-state index in [1.54, 1.807) is 12.1 Å². The van der Waals surface area contributed by atoms with Crippen LogP contribution in [0.15, 0.2) is 48.5 Å². The Kier molecular flexibility index (Phi) is 4.40. The van der Waals surface area contributed by atoms with Gasteiger partial charge in [-0.05, 0) is 29.8 Å². The third kappa shape index (κ3) is 3.60. The monoisotopic (exact) mass is 280 g/mol. The van der Waals surface area contributed by atoms with Gasteiger partial charge in [0.05, 0.1) is 5.56 Å². The van der Waals surface area contributed by atoms with E-state index in [0.29, 0.717) is 5.56 Å². The summed E-state index contributed by atoms with van der Waals surface area (Å²) in [6.45, 7) is -3.00. The van der Waals surface area contributed by atoms with Gasteiger partial charge in [0.2, 0.25) is 0 Å². The lowest BCUT2D eigenvalue weighted by Gasteiger charge is -2.09. The van der Waals surface area contributed by atoms with E-state index < -0.39 is 18.2 Å². The van der Waals surface area contributed by atoms with E-state index in [1.807, 2.05) is 0 Å². The lowest BCUT2D eigenvalue weighted by molar-refractivity contribution is -0.0501. The van der Waals surface area contributed by atoms with Crippen LogP contribution < -0.4 is 4.74 Å². The Hall–Kier alpha value is -2.30. The Labute approximate surface area is 113 Å². The van der Waals surface area contributed by atoms with Gasteiger partial charge in [-0.15, -0.1) is 0 Å². The molecule has 2 rings (SSSR count). The highest BCUT2D eigenvalue weighted by molar-refractivity contribution is 5.99. The van der Waals surface area contributed by atoms with E-state index >= 15 is 0 Å². The summed E-state index contributed by atoms with van der Waals surface area (Å²) in [5.41, 5.74) is 0.527. The molecule has 0 spiro atoms. The van der Waals surface area contributed by atoms with Gasteiger partial charge >= 0.3 is 6.61 Å². The predicted molar refractivity (Wildman–Crippen MR) is 67.5 cm³/mol. The Morgan fingerprint density at radius 1 is 1.10 bits per heavy atom. The molecule has 0 atom stereocenters. The largest absolute Gasteiger partial charge is 0.434 e. The molecule has 2 aromatic carbocycles. The second-order valence-corrected chi connectivity index (χ2v) is 4.10. The molecule has 0 heterocycles. The van der Waals surface area contributed by atoms with E-state index in [9.17, 15) is 18.0 Å². The van der Waals surface area contributed by atoms with Crippen molar-refractivity contribution in [3.8, 4) is 5.75 Å². The maximum atomic E-state index is 13.0. The average molecular weight is 280 g/mol. The van der Waals surface area contributed by atoms with Crippen LogP contribution in [0.1, 0.15) is 15.9 Å². The van der Waals surface area contributed by atoms with Gasteiger partial charge < -0.3 is 4.74 Å². The lowest BCUT2D eigenvalue weighted by atomic mass is 10.0. The fraction of sp³-hybridized carbons (Fsp3) is 0.133. The number of carbonyl (C=O) groups is 1. The summed E-state index contributed by atoms with van der Waals surface area (Å²) >= 11 is 0. The van der Waals surface area contributed by atoms with Gasteiger partial charge in [0.25, 0.3) is 0 Å². The molecular formula is C15H11F3O2. The van der Waals surface area contributed by atoms with Crippen LogP contribution in [-0.2, 0) is 6.42 Å². The molecule has 0 N–H and O–H groups in total. The molecule has 0 fully saturated rings. The van der Waals surface area contributed by atoms with E-state index in [-0.39, 0.29) is 17.7 Å². The van der Waals surface area contributed by atoms with Crippen LogP contribution in [0.25, 0.3) is 0 Å². The van der Waals surface area contributed by atoms with Crippen molar-refractivity contribution in [2.75, 3.05) is 0 Å². The Morgan fingerprint density at radius 2 is 1.85 bits per heavy atom. The fourth-order valence-electron chi connectivity index (χ4n) is 1.82. The Bertz CT molecular complexity index is 612. The van der Waals surface area contributed by atoms with Gasteiger partial charge in [-0.2, -0.15) is 8.78 Å². The first-order chi connectivity index (χ1) is 9.56. The van der Waals surface area contributed by atoms with Crippen molar-refractivity contribution < 1.29 is 22.7 Å². The number of hydrogen-bond donors (Lipinski definition) is 0. The molecule has 0 aliphatic heterocycles. The zero-order valence-electron chi connectivity index (χ0n) is 10.4. The van der Waals surface area contributed by atoms with E-state index in [4.69, 9.17) is 0 Å². The number of ketones is 1. The summed E-state index contributed by atoms with van der Waals surface area (Å²) in [6.07, 6.45) is -0.0820. The summed E-state index contributed by atoms with van der Waals surface area (Å²) < 4.78 is 41.9. The molecule has 0 aliphatic carbocycles. The average Bonchev–Trinajstić information content (AvgIpc) is 2.38. The number of ether oxygens (including phenoxy) is 1. The minimum Gasteiger partial charge on any atom is -0.434 e. The second kappa shape index (κ2) is 6.23. The normalized spacial score (nSPS) is 10.6. The number of benzene rings is 2. The number of alkyl halides is 2. The molecule has 2 aromatic rings. The molecule has 104 valence electrons. The van der Waals surface area contributed by atoms with Crippen molar-refractivity contribution in [1.82, 2.24) is 0 Å². The van der Waals surface area contributed by atoms with Gasteiger partial charge in [0, 0.05) is 6.42 Å². The number of rotatable bonds is 5. The van der Waals surface area contributed by atoms with Crippen LogP contribution in [0, 0.1) is 5.82 Å². The van der Waals surface area contributed by atoms with E-state index in [0.717, 1.165) is 0 Å². The van der Waals surface area contributed by atoms with Crippen molar-refractivity contribution in [3.63, 3.8) is 0 Å². The van der Waals surface area contributed by atoms with Crippen LogP contribution in [0.4, 0.5) is 13.2 Å². The molecule has 0 saturated carbocycles. The van der Waals surface area contributed by atoms with Crippen LogP contribution in [0.2, 0.25) is 0 Å². The summed E-state index contributed by atoms with van der Waals surface area (Å²) in [7, 11) is 0. The minimum atomic E-state index is -3.00. The van der Waals surface area contributed by atoms with Crippen molar-refractivity contribution in [1.29, 1.82) is 0 Å². The third-order valence-corrected chi connectivity index (χ3v) is 2.66. The first-order valence-corrected chi connectivity index (χ1v) is 5.88. The van der Waals surface area contributed by atoms with E-state index in [2.05, 4.69) is 4.74 Å². The first-order valence-electron chi connectivity index (χ1n) is 5.88.